The van der Waals surface area contributed by atoms with Gasteiger partial charge in [0.15, 0.2) is 0 Å². The molecule has 1 N–H and O–H groups in total. The fraction of sp³-hybridized carbons (Fsp3) is 0.0370. The van der Waals surface area contributed by atoms with Gasteiger partial charge in [-0.15, -0.1) is 0 Å². The van der Waals surface area contributed by atoms with Crippen molar-refractivity contribution in [3.8, 4) is 11.1 Å². The molecule has 0 atom stereocenters. The lowest BCUT2D eigenvalue weighted by Crippen LogP contribution is -2.26. The molecule has 0 spiro atoms. The summed E-state index contributed by atoms with van der Waals surface area (Å²) < 4.78 is 0. The highest BCUT2D eigenvalue weighted by Gasteiger charge is 2.21. The Labute approximate surface area is 202 Å². The number of hydrogen-bond donors (Lipinski definition) is 1. The normalized spacial score (nSPS) is 10.5. The van der Waals surface area contributed by atoms with Crippen molar-refractivity contribution in [2.45, 2.75) is 0 Å². The Kier molecular flexibility index (Phi) is 6.78. The molecule has 4 rings (SSSR count). The monoisotopic (exact) mass is 474 g/mol. The number of carbonyl (C=O) groups is 2. The Balaban J connectivity index is 1.67. The maximum absolute atomic E-state index is 13.0. The highest BCUT2D eigenvalue weighted by Crippen LogP contribution is 2.41. The summed E-state index contributed by atoms with van der Waals surface area (Å²) in [6.07, 6.45) is 0. The summed E-state index contributed by atoms with van der Waals surface area (Å²) >= 11 is 13.2. The fourth-order valence-corrected chi connectivity index (χ4v) is 4.08. The van der Waals surface area contributed by atoms with E-state index in [0.717, 1.165) is 0 Å². The third-order valence-electron chi connectivity index (χ3n) is 5.21. The molecule has 2 amide bonds. The smallest absolute Gasteiger partial charge is 0.258 e. The molecule has 164 valence electrons. The van der Waals surface area contributed by atoms with Gasteiger partial charge in [0.1, 0.15) is 0 Å². The number of nitrogens with zero attached hydrogens (tertiary/aromatic N) is 1. The minimum Gasteiger partial charge on any atom is -0.322 e. The van der Waals surface area contributed by atoms with E-state index in [1.807, 2.05) is 30.3 Å². The van der Waals surface area contributed by atoms with Gasteiger partial charge in [-0.3, -0.25) is 9.59 Å². The predicted molar refractivity (Wildman–Crippen MR) is 135 cm³/mol. The first-order valence-corrected chi connectivity index (χ1v) is 11.0. The third-order valence-corrected chi connectivity index (χ3v) is 5.84. The van der Waals surface area contributed by atoms with Crippen molar-refractivity contribution in [2.24, 2.45) is 0 Å². The van der Waals surface area contributed by atoms with E-state index in [2.05, 4.69) is 5.32 Å². The highest BCUT2D eigenvalue weighted by molar-refractivity contribution is 6.37. The summed E-state index contributed by atoms with van der Waals surface area (Å²) in [7, 11) is 1.70. The number of anilines is 2. The van der Waals surface area contributed by atoms with Crippen molar-refractivity contribution >= 4 is 46.4 Å². The quantitative estimate of drug-likeness (QED) is 0.332. The molecule has 4 aromatic carbocycles. The second kappa shape index (κ2) is 9.90. The average Bonchev–Trinajstić information content (AvgIpc) is 2.84. The Bertz CT molecular complexity index is 1310. The van der Waals surface area contributed by atoms with Crippen molar-refractivity contribution in [1.29, 1.82) is 0 Å². The van der Waals surface area contributed by atoms with Crippen LogP contribution >= 0.6 is 23.2 Å². The van der Waals surface area contributed by atoms with Gasteiger partial charge < -0.3 is 10.2 Å². The molecule has 4 nitrogen and oxygen atoms in total. The van der Waals surface area contributed by atoms with Crippen LogP contribution < -0.4 is 10.2 Å². The SMILES string of the molecule is CN(C(=O)c1ccccc1)c1cccc(Cl)c1-c1ccc(NC(=O)c2ccccc2)cc1Cl. The second-order valence-electron chi connectivity index (χ2n) is 7.38. The van der Waals surface area contributed by atoms with Crippen LogP contribution in [0.25, 0.3) is 11.1 Å². The zero-order valence-electron chi connectivity index (χ0n) is 17.8. The third kappa shape index (κ3) is 4.92. The van der Waals surface area contributed by atoms with Crippen LogP contribution in [0.15, 0.2) is 97.1 Å². The van der Waals surface area contributed by atoms with Gasteiger partial charge in [0.2, 0.25) is 0 Å². The van der Waals surface area contributed by atoms with E-state index < -0.39 is 0 Å². The Morgan fingerprint density at radius 2 is 1.36 bits per heavy atom. The summed E-state index contributed by atoms with van der Waals surface area (Å²) in [5, 5.41) is 3.71. The largest absolute Gasteiger partial charge is 0.322 e. The molecule has 0 saturated heterocycles. The molecule has 0 bridgehead atoms. The maximum Gasteiger partial charge on any atom is 0.258 e. The summed E-state index contributed by atoms with van der Waals surface area (Å²) in [6, 6.07) is 28.5. The van der Waals surface area contributed by atoms with Crippen LogP contribution in [0.2, 0.25) is 10.0 Å². The summed E-state index contributed by atoms with van der Waals surface area (Å²) in [5.41, 5.74) is 3.59. The van der Waals surface area contributed by atoms with Crippen LogP contribution in [0.4, 0.5) is 11.4 Å². The molecule has 33 heavy (non-hydrogen) atoms. The van der Waals surface area contributed by atoms with Gasteiger partial charge >= 0.3 is 0 Å². The molecule has 0 aromatic heterocycles. The Morgan fingerprint density at radius 1 is 0.727 bits per heavy atom. The lowest BCUT2D eigenvalue weighted by atomic mass is 10.0. The molecule has 0 heterocycles. The first-order chi connectivity index (χ1) is 16.0. The van der Waals surface area contributed by atoms with Gasteiger partial charge in [0.25, 0.3) is 11.8 Å². The standard InChI is InChI=1S/C27H20Cl2N2O2/c1-31(27(33)19-11-6-3-7-12-19)24-14-8-13-22(28)25(24)21-16-15-20(17-23(21)29)30-26(32)18-9-4-2-5-10-18/h2-17H,1H3,(H,30,32). The number of halogens is 2. The lowest BCUT2D eigenvalue weighted by Gasteiger charge is -2.22. The first kappa shape index (κ1) is 22.6. The van der Waals surface area contributed by atoms with Gasteiger partial charge in [0.05, 0.1) is 15.7 Å². The summed E-state index contributed by atoms with van der Waals surface area (Å²) in [6.45, 7) is 0. The van der Waals surface area contributed by atoms with Crippen molar-refractivity contribution in [3.05, 3.63) is 118 Å². The number of amides is 2. The second-order valence-corrected chi connectivity index (χ2v) is 8.19. The van der Waals surface area contributed by atoms with Crippen LogP contribution in [0.1, 0.15) is 20.7 Å². The molecule has 0 fully saturated rings. The Hall–Kier alpha value is -3.60. The van der Waals surface area contributed by atoms with E-state index in [4.69, 9.17) is 23.2 Å². The topological polar surface area (TPSA) is 49.4 Å². The molecule has 4 aromatic rings. The predicted octanol–water partition coefficient (Wildman–Crippen LogP) is 7.19. The summed E-state index contributed by atoms with van der Waals surface area (Å²) in [4.78, 5) is 27.1. The maximum atomic E-state index is 13.0. The van der Waals surface area contributed by atoms with Crippen molar-refractivity contribution < 1.29 is 9.59 Å². The molecule has 0 aliphatic carbocycles. The number of carbonyl (C=O) groups excluding carboxylic acids is 2. The van der Waals surface area contributed by atoms with Crippen LogP contribution in [0.5, 0.6) is 0 Å². The van der Waals surface area contributed by atoms with E-state index in [1.54, 1.807) is 78.7 Å². The van der Waals surface area contributed by atoms with Crippen LogP contribution in [-0.2, 0) is 0 Å². The van der Waals surface area contributed by atoms with Crippen molar-refractivity contribution in [1.82, 2.24) is 0 Å². The van der Waals surface area contributed by atoms with Gasteiger partial charge in [-0.05, 0) is 48.5 Å². The molecule has 0 aliphatic rings. The first-order valence-electron chi connectivity index (χ1n) is 10.2. The molecule has 0 aliphatic heterocycles. The highest BCUT2D eigenvalue weighted by atomic mass is 35.5. The van der Waals surface area contributed by atoms with Gasteiger partial charge in [-0.25, -0.2) is 0 Å². The molecule has 6 heteroatoms. The zero-order chi connectivity index (χ0) is 23.4. The van der Waals surface area contributed by atoms with E-state index in [-0.39, 0.29) is 11.8 Å². The van der Waals surface area contributed by atoms with Crippen molar-refractivity contribution in [3.63, 3.8) is 0 Å². The van der Waals surface area contributed by atoms with E-state index in [0.29, 0.717) is 43.7 Å². The molecule has 0 unspecified atom stereocenters. The van der Waals surface area contributed by atoms with E-state index in [9.17, 15) is 9.59 Å². The molecular weight excluding hydrogens is 455 g/mol. The van der Waals surface area contributed by atoms with Gasteiger partial charge in [0, 0.05) is 35.0 Å². The zero-order valence-corrected chi connectivity index (χ0v) is 19.3. The number of benzene rings is 4. The minimum atomic E-state index is -0.231. The molecule has 0 radical (unpaired) electrons. The number of nitrogens with one attached hydrogen (secondary N) is 1. The van der Waals surface area contributed by atoms with E-state index in [1.165, 1.54) is 0 Å². The van der Waals surface area contributed by atoms with E-state index >= 15 is 0 Å². The van der Waals surface area contributed by atoms with Crippen LogP contribution in [0.3, 0.4) is 0 Å². The molecule has 0 saturated carbocycles. The van der Waals surface area contributed by atoms with Gasteiger partial charge in [-0.2, -0.15) is 0 Å². The number of rotatable bonds is 5. The average molecular weight is 475 g/mol. The molecular formula is C27H20Cl2N2O2. The fourth-order valence-electron chi connectivity index (χ4n) is 3.53. The van der Waals surface area contributed by atoms with Crippen LogP contribution in [-0.4, -0.2) is 18.9 Å². The van der Waals surface area contributed by atoms with Crippen molar-refractivity contribution in [2.75, 3.05) is 17.3 Å². The van der Waals surface area contributed by atoms with Crippen LogP contribution in [0, 0.1) is 0 Å². The Morgan fingerprint density at radius 3 is 2.00 bits per heavy atom. The summed E-state index contributed by atoms with van der Waals surface area (Å²) in [5.74, 6) is -0.395. The number of hydrogen-bond acceptors (Lipinski definition) is 2. The van der Waals surface area contributed by atoms with Gasteiger partial charge in [-0.1, -0.05) is 71.7 Å². The lowest BCUT2D eigenvalue weighted by molar-refractivity contribution is 0.0991. The minimum absolute atomic E-state index is 0.165.